The first-order valence-electron chi connectivity index (χ1n) is 6.82. The molecule has 1 aliphatic rings. The summed E-state index contributed by atoms with van der Waals surface area (Å²) in [6, 6.07) is 5.15. The summed E-state index contributed by atoms with van der Waals surface area (Å²) in [6.45, 7) is 1.73. The fourth-order valence-corrected chi connectivity index (χ4v) is 2.22. The third-order valence-corrected chi connectivity index (χ3v) is 3.75. The van der Waals surface area contributed by atoms with Gasteiger partial charge in [0.15, 0.2) is 0 Å². The van der Waals surface area contributed by atoms with Crippen LogP contribution >= 0.6 is 0 Å². The number of amides is 1. The first-order chi connectivity index (χ1) is 9.52. The fraction of sp³-hybridized carbons (Fsp3) is 0.533. The SMILES string of the molecule is CC1(OCC(=O)N[C@@H](CO)c2ccc(F)cc2)CCC1. The zero-order valence-corrected chi connectivity index (χ0v) is 11.6. The normalized spacial score (nSPS) is 18.1. The van der Waals surface area contributed by atoms with Gasteiger partial charge in [0.1, 0.15) is 12.4 Å². The van der Waals surface area contributed by atoms with Crippen LogP contribution in [0.5, 0.6) is 0 Å². The van der Waals surface area contributed by atoms with Gasteiger partial charge in [-0.05, 0) is 43.9 Å². The van der Waals surface area contributed by atoms with Gasteiger partial charge < -0.3 is 15.2 Å². The summed E-state index contributed by atoms with van der Waals surface area (Å²) in [6.07, 6.45) is 3.08. The van der Waals surface area contributed by atoms with Crippen molar-refractivity contribution in [2.45, 2.75) is 37.8 Å². The number of halogens is 1. The smallest absolute Gasteiger partial charge is 0.246 e. The number of rotatable bonds is 6. The third kappa shape index (κ3) is 3.77. The second-order valence-corrected chi connectivity index (χ2v) is 5.45. The minimum absolute atomic E-state index is 0.0196. The monoisotopic (exact) mass is 281 g/mol. The molecule has 20 heavy (non-hydrogen) atoms. The second kappa shape index (κ2) is 6.33. The van der Waals surface area contributed by atoms with Crippen LogP contribution in [0.25, 0.3) is 0 Å². The number of carbonyl (C=O) groups is 1. The zero-order valence-electron chi connectivity index (χ0n) is 11.6. The Labute approximate surface area is 117 Å². The molecule has 1 aliphatic carbocycles. The van der Waals surface area contributed by atoms with E-state index in [1.165, 1.54) is 12.1 Å². The highest BCUT2D eigenvalue weighted by atomic mass is 19.1. The summed E-state index contributed by atoms with van der Waals surface area (Å²) in [4.78, 5) is 11.8. The van der Waals surface area contributed by atoms with Crippen LogP contribution in [0.15, 0.2) is 24.3 Å². The molecule has 0 spiro atoms. The standard InChI is InChI=1S/C15H20FNO3/c1-15(7-2-8-15)20-10-14(19)17-13(9-18)11-3-5-12(16)6-4-11/h3-6,13,18H,2,7-10H2,1H3,(H,17,19)/t13-/m0/s1. The van der Waals surface area contributed by atoms with Crippen LogP contribution < -0.4 is 5.32 Å². The van der Waals surface area contributed by atoms with Gasteiger partial charge in [0.25, 0.3) is 0 Å². The summed E-state index contributed by atoms with van der Waals surface area (Å²) >= 11 is 0. The lowest BCUT2D eigenvalue weighted by molar-refractivity contribution is -0.140. The molecule has 1 fully saturated rings. The maximum Gasteiger partial charge on any atom is 0.246 e. The number of hydrogen-bond donors (Lipinski definition) is 2. The molecule has 1 atom stereocenters. The van der Waals surface area contributed by atoms with Crippen molar-refractivity contribution in [3.63, 3.8) is 0 Å². The van der Waals surface area contributed by atoms with Gasteiger partial charge in [0.05, 0.1) is 18.2 Å². The van der Waals surface area contributed by atoms with Crippen LogP contribution in [0.3, 0.4) is 0 Å². The average molecular weight is 281 g/mol. The van der Waals surface area contributed by atoms with Crippen LogP contribution in [-0.2, 0) is 9.53 Å². The number of hydrogen-bond acceptors (Lipinski definition) is 3. The topological polar surface area (TPSA) is 58.6 Å². The molecular weight excluding hydrogens is 261 g/mol. The van der Waals surface area contributed by atoms with Gasteiger partial charge in [0, 0.05) is 0 Å². The van der Waals surface area contributed by atoms with Crippen molar-refractivity contribution >= 4 is 5.91 Å². The predicted octanol–water partition coefficient (Wildman–Crippen LogP) is 1.93. The Morgan fingerprint density at radius 1 is 1.45 bits per heavy atom. The Bertz CT molecular complexity index is 457. The molecule has 5 heteroatoms. The van der Waals surface area contributed by atoms with E-state index >= 15 is 0 Å². The Hall–Kier alpha value is -1.46. The van der Waals surface area contributed by atoms with Gasteiger partial charge in [-0.3, -0.25) is 4.79 Å². The average Bonchev–Trinajstić information content (AvgIpc) is 2.41. The summed E-state index contributed by atoms with van der Waals surface area (Å²) < 4.78 is 18.4. The maximum absolute atomic E-state index is 12.8. The van der Waals surface area contributed by atoms with Crippen molar-refractivity contribution in [2.24, 2.45) is 0 Å². The molecule has 1 amide bonds. The molecule has 110 valence electrons. The molecule has 1 aromatic rings. The summed E-state index contributed by atoms with van der Waals surface area (Å²) in [5.74, 6) is -0.625. The van der Waals surface area contributed by atoms with Gasteiger partial charge in [-0.1, -0.05) is 12.1 Å². The van der Waals surface area contributed by atoms with E-state index in [9.17, 15) is 14.3 Å². The van der Waals surface area contributed by atoms with Crippen LogP contribution in [0, 0.1) is 5.82 Å². The Morgan fingerprint density at radius 3 is 2.60 bits per heavy atom. The Morgan fingerprint density at radius 2 is 2.10 bits per heavy atom. The van der Waals surface area contributed by atoms with Crippen molar-refractivity contribution in [1.82, 2.24) is 5.32 Å². The van der Waals surface area contributed by atoms with Crippen molar-refractivity contribution in [3.8, 4) is 0 Å². The van der Waals surface area contributed by atoms with E-state index < -0.39 is 6.04 Å². The maximum atomic E-state index is 12.8. The van der Waals surface area contributed by atoms with E-state index in [-0.39, 0.29) is 30.5 Å². The number of carbonyl (C=O) groups excluding carboxylic acids is 1. The van der Waals surface area contributed by atoms with E-state index in [1.807, 2.05) is 6.92 Å². The largest absolute Gasteiger partial charge is 0.394 e. The van der Waals surface area contributed by atoms with Crippen molar-refractivity contribution < 1.29 is 19.0 Å². The molecule has 0 bridgehead atoms. The first-order valence-corrected chi connectivity index (χ1v) is 6.82. The van der Waals surface area contributed by atoms with E-state index in [0.717, 1.165) is 19.3 Å². The van der Waals surface area contributed by atoms with Crippen LogP contribution in [0.2, 0.25) is 0 Å². The van der Waals surface area contributed by atoms with Gasteiger partial charge in [0.2, 0.25) is 5.91 Å². The van der Waals surface area contributed by atoms with Gasteiger partial charge in [-0.2, -0.15) is 0 Å². The minimum atomic E-state index is -0.541. The molecule has 0 saturated heterocycles. The lowest BCUT2D eigenvalue weighted by Gasteiger charge is -2.37. The van der Waals surface area contributed by atoms with Crippen LogP contribution in [0.1, 0.15) is 37.8 Å². The lowest BCUT2D eigenvalue weighted by Crippen LogP contribution is -2.41. The first kappa shape index (κ1) is 14.9. The van der Waals surface area contributed by atoms with Gasteiger partial charge >= 0.3 is 0 Å². The highest BCUT2D eigenvalue weighted by Gasteiger charge is 2.33. The third-order valence-electron chi connectivity index (χ3n) is 3.75. The number of aliphatic hydroxyl groups is 1. The molecule has 0 heterocycles. The summed E-state index contributed by atoms with van der Waals surface area (Å²) in [7, 11) is 0. The van der Waals surface area contributed by atoms with E-state index in [2.05, 4.69) is 5.32 Å². The van der Waals surface area contributed by atoms with Gasteiger partial charge in [-0.15, -0.1) is 0 Å². The molecule has 4 nitrogen and oxygen atoms in total. The molecule has 0 unspecified atom stereocenters. The summed E-state index contributed by atoms with van der Waals surface area (Å²) in [5, 5.41) is 12.0. The molecule has 1 aromatic carbocycles. The van der Waals surface area contributed by atoms with Crippen molar-refractivity contribution in [3.05, 3.63) is 35.6 Å². The number of nitrogens with one attached hydrogen (secondary N) is 1. The number of benzene rings is 1. The van der Waals surface area contributed by atoms with E-state index in [1.54, 1.807) is 12.1 Å². The van der Waals surface area contributed by atoms with E-state index in [4.69, 9.17) is 4.74 Å². The highest BCUT2D eigenvalue weighted by Crippen LogP contribution is 2.34. The minimum Gasteiger partial charge on any atom is -0.394 e. The summed E-state index contributed by atoms with van der Waals surface area (Å²) in [5.41, 5.74) is 0.485. The number of aliphatic hydroxyl groups excluding tert-OH is 1. The highest BCUT2D eigenvalue weighted by molar-refractivity contribution is 5.77. The Balaban J connectivity index is 1.85. The van der Waals surface area contributed by atoms with Gasteiger partial charge in [-0.25, -0.2) is 4.39 Å². The second-order valence-electron chi connectivity index (χ2n) is 5.45. The van der Waals surface area contributed by atoms with E-state index in [0.29, 0.717) is 5.56 Å². The van der Waals surface area contributed by atoms with Crippen LogP contribution in [0.4, 0.5) is 4.39 Å². The van der Waals surface area contributed by atoms with Crippen molar-refractivity contribution in [2.75, 3.05) is 13.2 Å². The molecule has 0 aliphatic heterocycles. The van der Waals surface area contributed by atoms with Crippen molar-refractivity contribution in [1.29, 1.82) is 0 Å². The molecule has 2 N–H and O–H groups in total. The number of ether oxygens (including phenoxy) is 1. The molecule has 1 saturated carbocycles. The quantitative estimate of drug-likeness (QED) is 0.837. The zero-order chi connectivity index (χ0) is 14.6. The molecule has 0 radical (unpaired) electrons. The molecular formula is C15H20FNO3. The molecule has 2 rings (SSSR count). The molecule has 0 aromatic heterocycles. The lowest BCUT2D eigenvalue weighted by atomic mass is 9.82. The Kier molecular flexibility index (Phi) is 4.73. The van der Waals surface area contributed by atoms with Crippen LogP contribution in [-0.4, -0.2) is 29.8 Å². The predicted molar refractivity (Wildman–Crippen MR) is 72.6 cm³/mol. The fourth-order valence-electron chi connectivity index (χ4n) is 2.22.